The molecule has 0 radical (unpaired) electrons. The molecule has 3 aromatic rings. The normalized spacial score (nSPS) is 18.2. The van der Waals surface area contributed by atoms with Gasteiger partial charge < -0.3 is 4.98 Å². The fourth-order valence-corrected chi connectivity index (χ4v) is 3.64. The van der Waals surface area contributed by atoms with Crippen molar-refractivity contribution in [3.05, 3.63) is 69.6 Å². The first-order valence-electron chi connectivity index (χ1n) is 8.43. The van der Waals surface area contributed by atoms with Crippen LogP contribution in [-0.4, -0.2) is 20.5 Å². The topological polar surface area (TPSA) is 41.0 Å². The lowest BCUT2D eigenvalue weighted by Gasteiger charge is -2.27. The van der Waals surface area contributed by atoms with Gasteiger partial charge in [0.15, 0.2) is 0 Å². The average Bonchev–Trinajstić information content (AvgIpc) is 2.81. The Balaban J connectivity index is 1.81. The van der Waals surface area contributed by atoms with E-state index in [2.05, 4.69) is 9.88 Å². The van der Waals surface area contributed by atoms with Gasteiger partial charge in [0.25, 0.3) is 0 Å². The molecule has 0 spiro atoms. The Morgan fingerprint density at radius 3 is 2.62 bits per heavy atom. The molecule has 0 saturated carbocycles. The summed E-state index contributed by atoms with van der Waals surface area (Å²) in [6, 6.07) is 12.0. The van der Waals surface area contributed by atoms with E-state index in [0.717, 1.165) is 11.6 Å². The number of nitrogens with one attached hydrogen (secondary N) is 1. The van der Waals surface area contributed by atoms with Crippen LogP contribution in [0.1, 0.15) is 23.6 Å². The van der Waals surface area contributed by atoms with Gasteiger partial charge in [0.05, 0.1) is 16.6 Å². The third kappa shape index (κ3) is 2.92. The summed E-state index contributed by atoms with van der Waals surface area (Å²) in [4.78, 5) is 17.0. The van der Waals surface area contributed by atoms with Crippen molar-refractivity contribution in [1.82, 2.24) is 14.5 Å². The van der Waals surface area contributed by atoms with E-state index < -0.39 is 11.7 Å². The summed E-state index contributed by atoms with van der Waals surface area (Å²) < 4.78 is 41.4. The zero-order valence-corrected chi connectivity index (χ0v) is 14.2. The second-order valence-electron chi connectivity index (χ2n) is 6.81. The Bertz CT molecular complexity index is 1000. The number of aromatic amines is 1. The molecule has 2 aromatic carbocycles. The van der Waals surface area contributed by atoms with Gasteiger partial charge >= 0.3 is 11.9 Å². The van der Waals surface area contributed by atoms with E-state index in [0.29, 0.717) is 30.7 Å². The highest BCUT2D eigenvalue weighted by atomic mass is 19.4. The van der Waals surface area contributed by atoms with Crippen molar-refractivity contribution in [1.29, 1.82) is 0 Å². The summed E-state index contributed by atoms with van der Waals surface area (Å²) in [6.45, 7) is 3.39. The highest BCUT2D eigenvalue weighted by molar-refractivity contribution is 5.80. The molecule has 0 unspecified atom stereocenters. The van der Waals surface area contributed by atoms with E-state index in [1.807, 2.05) is 37.3 Å². The molecule has 0 amide bonds. The van der Waals surface area contributed by atoms with Gasteiger partial charge in [-0.1, -0.05) is 30.3 Å². The number of hydrogen-bond donors (Lipinski definition) is 1. The quantitative estimate of drug-likeness (QED) is 0.755. The van der Waals surface area contributed by atoms with Gasteiger partial charge in [0.1, 0.15) is 0 Å². The molecule has 1 atom stereocenters. The maximum Gasteiger partial charge on any atom is 0.416 e. The Hall–Kier alpha value is -2.54. The van der Waals surface area contributed by atoms with Crippen LogP contribution >= 0.6 is 0 Å². The van der Waals surface area contributed by atoms with Crippen LogP contribution in [0.2, 0.25) is 0 Å². The summed E-state index contributed by atoms with van der Waals surface area (Å²) in [5, 5.41) is 0. The van der Waals surface area contributed by atoms with Crippen molar-refractivity contribution in [2.45, 2.75) is 38.8 Å². The van der Waals surface area contributed by atoms with Crippen LogP contribution in [0, 0.1) is 0 Å². The number of alkyl halides is 3. The summed E-state index contributed by atoms with van der Waals surface area (Å²) >= 11 is 0. The Labute approximate surface area is 147 Å². The molecule has 4 rings (SSSR count). The number of rotatable bonds is 2. The van der Waals surface area contributed by atoms with E-state index in [9.17, 15) is 18.0 Å². The second-order valence-corrected chi connectivity index (χ2v) is 6.81. The van der Waals surface area contributed by atoms with Crippen LogP contribution in [0.3, 0.4) is 0 Å². The van der Waals surface area contributed by atoms with Crippen LogP contribution < -0.4 is 5.69 Å². The van der Waals surface area contributed by atoms with Gasteiger partial charge in [0.2, 0.25) is 0 Å². The van der Waals surface area contributed by atoms with Gasteiger partial charge in [-0.15, -0.1) is 0 Å². The maximum absolute atomic E-state index is 13.3. The van der Waals surface area contributed by atoms with Gasteiger partial charge in [-0.2, -0.15) is 13.2 Å². The van der Waals surface area contributed by atoms with Gasteiger partial charge in [0, 0.05) is 25.7 Å². The van der Waals surface area contributed by atoms with Crippen molar-refractivity contribution >= 4 is 11.0 Å². The Kier molecular flexibility index (Phi) is 3.91. The van der Waals surface area contributed by atoms with Gasteiger partial charge in [-0.05, 0) is 30.2 Å². The molecule has 1 aromatic heterocycles. The molecule has 1 aliphatic heterocycles. The van der Waals surface area contributed by atoms with E-state index in [4.69, 9.17) is 0 Å². The van der Waals surface area contributed by atoms with Crippen LogP contribution in [0.5, 0.6) is 0 Å². The first-order chi connectivity index (χ1) is 12.3. The molecule has 136 valence electrons. The van der Waals surface area contributed by atoms with Crippen molar-refractivity contribution < 1.29 is 13.2 Å². The van der Waals surface area contributed by atoms with E-state index in [-0.39, 0.29) is 17.2 Å². The lowest BCUT2D eigenvalue weighted by molar-refractivity contribution is -0.137. The number of aromatic nitrogens is 2. The number of benzene rings is 2. The Morgan fingerprint density at radius 2 is 1.92 bits per heavy atom. The molecular formula is C19H18F3N3O. The van der Waals surface area contributed by atoms with Crippen molar-refractivity contribution in [3.8, 4) is 0 Å². The zero-order chi connectivity index (χ0) is 18.5. The molecule has 0 saturated heterocycles. The predicted octanol–water partition coefficient (Wildman–Crippen LogP) is 3.75. The van der Waals surface area contributed by atoms with Crippen LogP contribution in [-0.2, 0) is 25.8 Å². The summed E-state index contributed by atoms with van der Waals surface area (Å²) in [6.07, 6.45) is -4.45. The predicted molar refractivity (Wildman–Crippen MR) is 92.7 cm³/mol. The number of hydrogen-bond acceptors (Lipinski definition) is 2. The molecule has 0 bridgehead atoms. The lowest BCUT2D eigenvalue weighted by atomic mass is 10.1. The molecule has 26 heavy (non-hydrogen) atoms. The smallest absolute Gasteiger partial charge is 0.306 e. The van der Waals surface area contributed by atoms with Gasteiger partial charge in [-0.3, -0.25) is 9.47 Å². The maximum atomic E-state index is 13.3. The molecule has 0 fully saturated rings. The van der Waals surface area contributed by atoms with Crippen LogP contribution in [0.15, 0.2) is 47.3 Å². The molecule has 2 heterocycles. The molecular weight excluding hydrogens is 343 g/mol. The van der Waals surface area contributed by atoms with Crippen molar-refractivity contribution in [2.24, 2.45) is 0 Å². The molecule has 1 N–H and O–H groups in total. The first kappa shape index (κ1) is 16.9. The Morgan fingerprint density at radius 1 is 1.19 bits per heavy atom. The first-order valence-corrected chi connectivity index (χ1v) is 8.43. The third-order valence-corrected chi connectivity index (χ3v) is 4.94. The number of halogens is 3. The zero-order valence-electron chi connectivity index (χ0n) is 14.2. The largest absolute Gasteiger partial charge is 0.416 e. The van der Waals surface area contributed by atoms with Crippen LogP contribution in [0.4, 0.5) is 13.2 Å². The molecule has 0 aliphatic carbocycles. The minimum atomic E-state index is -4.45. The monoisotopic (exact) mass is 361 g/mol. The number of imidazole rings is 1. The highest BCUT2D eigenvalue weighted by Gasteiger charge is 2.33. The van der Waals surface area contributed by atoms with E-state index >= 15 is 0 Å². The SMILES string of the molecule is C[C@H]1Cn2c(=O)[nH]c3cc(C(F)(F)F)cc(c32)CN1Cc1ccccc1. The number of H-pyrrole nitrogens is 1. The number of nitrogens with zero attached hydrogens (tertiary/aromatic N) is 2. The molecule has 4 nitrogen and oxygen atoms in total. The minimum absolute atomic E-state index is 0.00800. The fourth-order valence-electron chi connectivity index (χ4n) is 3.64. The third-order valence-electron chi connectivity index (χ3n) is 4.94. The summed E-state index contributed by atoms with van der Waals surface area (Å²) in [5.74, 6) is 0. The fraction of sp³-hybridized carbons (Fsp3) is 0.316. The van der Waals surface area contributed by atoms with E-state index in [1.54, 1.807) is 4.57 Å². The second kappa shape index (κ2) is 6.02. The highest BCUT2D eigenvalue weighted by Crippen LogP contribution is 2.34. The average molecular weight is 361 g/mol. The van der Waals surface area contributed by atoms with Gasteiger partial charge in [-0.25, -0.2) is 4.79 Å². The molecule has 7 heteroatoms. The van der Waals surface area contributed by atoms with Crippen molar-refractivity contribution in [3.63, 3.8) is 0 Å². The van der Waals surface area contributed by atoms with Crippen LogP contribution in [0.25, 0.3) is 11.0 Å². The molecule has 1 aliphatic rings. The standard InChI is InChI=1S/C19H18F3N3O/c1-12-9-25-17-14(11-24(12)10-13-5-3-2-4-6-13)7-15(19(20,21)22)8-16(17)23-18(25)26/h2-8,12H,9-11H2,1H3,(H,23,26)/t12-/m0/s1. The minimum Gasteiger partial charge on any atom is -0.306 e. The summed E-state index contributed by atoms with van der Waals surface area (Å²) in [5.41, 5.74) is 1.33. The summed E-state index contributed by atoms with van der Waals surface area (Å²) in [7, 11) is 0. The van der Waals surface area contributed by atoms with E-state index in [1.165, 1.54) is 6.07 Å². The lowest BCUT2D eigenvalue weighted by Crippen LogP contribution is -2.35. The van der Waals surface area contributed by atoms with Crippen molar-refractivity contribution in [2.75, 3.05) is 0 Å².